The van der Waals surface area contributed by atoms with Crippen LogP contribution in [0.5, 0.6) is 0 Å². The lowest BCUT2D eigenvalue weighted by molar-refractivity contribution is -0.188. The van der Waals surface area contributed by atoms with E-state index < -0.39 is 24.2 Å². The van der Waals surface area contributed by atoms with Crippen molar-refractivity contribution in [3.05, 3.63) is 47.0 Å². The van der Waals surface area contributed by atoms with E-state index in [-0.39, 0.29) is 16.6 Å². The maximum Gasteiger partial charge on any atom is 0.413 e. The quantitative estimate of drug-likeness (QED) is 0.595. The standard InChI is InChI=1S/C19H20ClF3N6O2/c1-10(31-4)15-14(9-24-18-26-17(20)27-29(15)18)25-13-7-5-12(6-8-13)16(19(21,22)23)28(3)11(2)30/h5-10,16,25H,1-4H3/t10-,16?/m0/s1. The maximum atomic E-state index is 13.5. The molecule has 2 aromatic heterocycles. The molecule has 0 spiro atoms. The fourth-order valence-electron chi connectivity index (χ4n) is 3.14. The van der Waals surface area contributed by atoms with Crippen LogP contribution in [0.15, 0.2) is 30.5 Å². The highest BCUT2D eigenvalue weighted by Gasteiger charge is 2.44. The van der Waals surface area contributed by atoms with Gasteiger partial charge < -0.3 is 15.0 Å². The van der Waals surface area contributed by atoms with E-state index in [2.05, 4.69) is 20.4 Å². The molecule has 1 amide bonds. The van der Waals surface area contributed by atoms with Crippen LogP contribution in [0.1, 0.15) is 37.3 Å². The molecule has 0 aliphatic rings. The average molecular weight is 457 g/mol. The van der Waals surface area contributed by atoms with Crippen LogP contribution >= 0.6 is 11.6 Å². The second-order valence-electron chi connectivity index (χ2n) is 6.85. The minimum absolute atomic E-state index is 0.0198. The summed E-state index contributed by atoms with van der Waals surface area (Å²) in [6, 6.07) is 3.57. The molecule has 3 rings (SSSR count). The topological polar surface area (TPSA) is 84.6 Å². The number of fused-ring (bicyclic) bond motifs is 1. The molecule has 2 heterocycles. The molecule has 1 unspecified atom stereocenters. The summed E-state index contributed by atoms with van der Waals surface area (Å²) in [7, 11) is 2.64. The van der Waals surface area contributed by atoms with E-state index in [9.17, 15) is 18.0 Å². The number of rotatable bonds is 6. The second-order valence-corrected chi connectivity index (χ2v) is 7.19. The van der Waals surface area contributed by atoms with Crippen LogP contribution in [-0.4, -0.2) is 50.7 Å². The lowest BCUT2D eigenvalue weighted by Crippen LogP contribution is -2.38. The number of ether oxygens (including phenoxy) is 1. The minimum Gasteiger partial charge on any atom is -0.375 e. The van der Waals surface area contributed by atoms with Gasteiger partial charge in [-0.1, -0.05) is 12.1 Å². The summed E-state index contributed by atoms with van der Waals surface area (Å²) in [6.45, 7) is 2.89. The first kappa shape index (κ1) is 22.8. The molecule has 2 atom stereocenters. The number of nitrogens with zero attached hydrogens (tertiary/aromatic N) is 5. The van der Waals surface area contributed by atoms with E-state index in [1.54, 1.807) is 6.92 Å². The molecule has 1 aromatic carbocycles. The van der Waals surface area contributed by atoms with Gasteiger partial charge in [0.2, 0.25) is 11.2 Å². The number of nitrogens with one attached hydrogen (secondary N) is 1. The predicted octanol–water partition coefficient (Wildman–Crippen LogP) is 4.31. The SMILES string of the molecule is CO[C@@H](C)c1c(Nc2ccc(C(N(C)C(C)=O)C(F)(F)F)cc2)cnc2nc(Cl)nn12. The molecule has 1 N–H and O–H groups in total. The summed E-state index contributed by atoms with van der Waals surface area (Å²) in [5.41, 5.74) is 1.55. The Bertz CT molecular complexity index is 1090. The summed E-state index contributed by atoms with van der Waals surface area (Å²) in [4.78, 5) is 20.4. The molecule has 0 bridgehead atoms. The molecule has 0 saturated carbocycles. The van der Waals surface area contributed by atoms with Crippen molar-refractivity contribution in [1.29, 1.82) is 0 Å². The van der Waals surface area contributed by atoms with Gasteiger partial charge in [0.05, 0.1) is 23.7 Å². The Morgan fingerprint density at radius 1 is 1.29 bits per heavy atom. The van der Waals surface area contributed by atoms with Crippen molar-refractivity contribution in [2.45, 2.75) is 32.2 Å². The molecule has 166 valence electrons. The Hall–Kier alpha value is -2.92. The molecule has 8 nitrogen and oxygen atoms in total. The van der Waals surface area contributed by atoms with Crippen LogP contribution in [0.4, 0.5) is 24.5 Å². The molecule has 0 fully saturated rings. The number of benzene rings is 1. The molecule has 31 heavy (non-hydrogen) atoms. The lowest BCUT2D eigenvalue weighted by Gasteiger charge is -2.29. The molecular formula is C19H20ClF3N6O2. The molecule has 12 heteroatoms. The average Bonchev–Trinajstić information content (AvgIpc) is 3.07. The van der Waals surface area contributed by atoms with Gasteiger partial charge in [-0.25, -0.2) is 4.98 Å². The Balaban J connectivity index is 1.96. The van der Waals surface area contributed by atoms with Crippen LogP contribution in [0.3, 0.4) is 0 Å². The predicted molar refractivity (Wildman–Crippen MR) is 108 cm³/mol. The fourth-order valence-corrected chi connectivity index (χ4v) is 3.30. The third-order valence-corrected chi connectivity index (χ3v) is 4.98. The first-order chi connectivity index (χ1) is 14.5. The highest BCUT2D eigenvalue weighted by Crippen LogP contribution is 2.37. The maximum absolute atomic E-state index is 13.5. The third kappa shape index (κ3) is 4.72. The van der Waals surface area contributed by atoms with E-state index in [0.29, 0.717) is 22.0 Å². The summed E-state index contributed by atoms with van der Waals surface area (Å²) in [6.07, 6.45) is -3.51. The molecule has 0 saturated heterocycles. The van der Waals surface area contributed by atoms with Crippen LogP contribution in [0, 0.1) is 0 Å². The number of alkyl halides is 3. The van der Waals surface area contributed by atoms with E-state index >= 15 is 0 Å². The first-order valence-corrected chi connectivity index (χ1v) is 9.51. The highest BCUT2D eigenvalue weighted by atomic mass is 35.5. The van der Waals surface area contributed by atoms with Crippen molar-refractivity contribution >= 4 is 34.7 Å². The van der Waals surface area contributed by atoms with Gasteiger partial charge in [0.1, 0.15) is 0 Å². The van der Waals surface area contributed by atoms with Crippen molar-refractivity contribution in [3.8, 4) is 0 Å². The van der Waals surface area contributed by atoms with Gasteiger partial charge in [0.15, 0.2) is 6.04 Å². The number of carbonyl (C=O) groups excluding carboxylic acids is 1. The Morgan fingerprint density at radius 2 is 1.94 bits per heavy atom. The number of amides is 1. The zero-order valence-electron chi connectivity index (χ0n) is 17.1. The van der Waals surface area contributed by atoms with Crippen LogP contribution in [-0.2, 0) is 9.53 Å². The third-order valence-electron chi connectivity index (χ3n) is 4.82. The number of methoxy groups -OCH3 is 1. The molecule has 0 radical (unpaired) electrons. The lowest BCUT2D eigenvalue weighted by atomic mass is 10.0. The number of carbonyl (C=O) groups is 1. The largest absolute Gasteiger partial charge is 0.413 e. The normalized spacial score (nSPS) is 13.8. The van der Waals surface area contributed by atoms with E-state index in [1.807, 2.05) is 0 Å². The second kappa shape index (κ2) is 8.67. The van der Waals surface area contributed by atoms with Crippen LogP contribution in [0.25, 0.3) is 5.78 Å². The van der Waals surface area contributed by atoms with Gasteiger partial charge in [-0.15, -0.1) is 5.10 Å². The minimum atomic E-state index is -4.61. The summed E-state index contributed by atoms with van der Waals surface area (Å²) in [5.74, 6) is -0.404. The number of hydrogen-bond donors (Lipinski definition) is 1. The van der Waals surface area contributed by atoms with Crippen LogP contribution < -0.4 is 5.32 Å². The summed E-state index contributed by atoms with van der Waals surface area (Å²) < 4.78 is 47.5. The van der Waals surface area contributed by atoms with Crippen LogP contribution in [0.2, 0.25) is 5.28 Å². The molecule has 0 aliphatic heterocycles. The Kier molecular flexibility index (Phi) is 6.37. The van der Waals surface area contributed by atoms with E-state index in [0.717, 1.165) is 14.0 Å². The van der Waals surface area contributed by atoms with Gasteiger partial charge in [-0.05, 0) is 36.2 Å². The Labute approximate surface area is 181 Å². The zero-order chi connectivity index (χ0) is 22.9. The number of halogens is 4. The monoisotopic (exact) mass is 456 g/mol. The molecular weight excluding hydrogens is 437 g/mol. The van der Waals surface area contributed by atoms with Crippen molar-refractivity contribution in [2.75, 3.05) is 19.5 Å². The van der Waals surface area contributed by atoms with Crippen molar-refractivity contribution in [2.24, 2.45) is 0 Å². The van der Waals surface area contributed by atoms with Crippen molar-refractivity contribution in [1.82, 2.24) is 24.5 Å². The number of hydrogen-bond acceptors (Lipinski definition) is 6. The van der Waals surface area contributed by atoms with Gasteiger partial charge in [-0.3, -0.25) is 4.79 Å². The summed E-state index contributed by atoms with van der Waals surface area (Å²) in [5, 5.41) is 7.24. The fraction of sp³-hybridized carbons (Fsp3) is 0.368. The molecule has 0 aliphatic carbocycles. The molecule has 3 aromatic rings. The smallest absolute Gasteiger partial charge is 0.375 e. The van der Waals surface area contributed by atoms with Gasteiger partial charge >= 0.3 is 6.18 Å². The van der Waals surface area contributed by atoms with Crippen molar-refractivity contribution < 1.29 is 22.7 Å². The highest BCUT2D eigenvalue weighted by molar-refractivity contribution is 6.28. The van der Waals surface area contributed by atoms with E-state index in [4.69, 9.17) is 16.3 Å². The van der Waals surface area contributed by atoms with Gasteiger partial charge in [0.25, 0.3) is 5.78 Å². The number of aromatic nitrogens is 4. The zero-order valence-corrected chi connectivity index (χ0v) is 17.9. The summed E-state index contributed by atoms with van der Waals surface area (Å²) >= 11 is 5.88. The van der Waals surface area contributed by atoms with Gasteiger partial charge in [0, 0.05) is 26.8 Å². The Morgan fingerprint density at radius 3 is 2.48 bits per heavy atom. The van der Waals surface area contributed by atoms with Gasteiger partial charge in [-0.2, -0.15) is 22.7 Å². The number of anilines is 2. The first-order valence-electron chi connectivity index (χ1n) is 9.14. The van der Waals surface area contributed by atoms with E-state index in [1.165, 1.54) is 42.1 Å². The van der Waals surface area contributed by atoms with Crippen molar-refractivity contribution in [3.63, 3.8) is 0 Å².